The lowest BCUT2D eigenvalue weighted by Gasteiger charge is -2.17. The summed E-state index contributed by atoms with van der Waals surface area (Å²) in [7, 11) is 3.76. The first-order chi connectivity index (χ1) is 18.0. The van der Waals surface area contributed by atoms with Gasteiger partial charge in [-0.25, -0.2) is 9.79 Å². The van der Waals surface area contributed by atoms with Crippen molar-refractivity contribution in [3.05, 3.63) is 85.6 Å². The van der Waals surface area contributed by atoms with E-state index in [1.54, 1.807) is 12.1 Å². The molecule has 1 saturated heterocycles. The van der Waals surface area contributed by atoms with Crippen molar-refractivity contribution in [2.24, 2.45) is 4.99 Å². The standard InChI is InChI=1S/C26H28N6O5S/c1-13-5-6-14(2)17(11-13)27-19(33)12-18-22(34)31-26(38-18)28-21(15-7-9-16(10-8-15)32(3)4)20-23(35)29-25(37)30-24(20)36/h5-11,18,21H,12H2,1-4H3,(H,27,33)(H,28,31,34)(H3,29,30,35,36,37). The van der Waals surface area contributed by atoms with Crippen LogP contribution in [0.5, 0.6) is 5.88 Å². The number of hydrogen-bond donors (Lipinski definition) is 5. The third-order valence-electron chi connectivity index (χ3n) is 6.02. The zero-order chi connectivity index (χ0) is 27.6. The average Bonchev–Trinajstić information content (AvgIpc) is 3.18. The van der Waals surface area contributed by atoms with E-state index in [9.17, 15) is 24.3 Å². The molecular formula is C26H28N6O5S. The van der Waals surface area contributed by atoms with Crippen molar-refractivity contribution in [2.45, 2.75) is 31.6 Å². The van der Waals surface area contributed by atoms with E-state index in [1.165, 1.54) is 0 Å². The number of aryl methyl sites for hydroxylation is 2. The van der Waals surface area contributed by atoms with E-state index in [2.05, 4.69) is 25.6 Å². The molecule has 1 aliphatic rings. The van der Waals surface area contributed by atoms with Crippen LogP contribution in [0.4, 0.5) is 11.4 Å². The van der Waals surface area contributed by atoms with E-state index in [1.807, 2.05) is 63.2 Å². The lowest BCUT2D eigenvalue weighted by atomic mass is 10.0. The summed E-state index contributed by atoms with van der Waals surface area (Å²) in [4.78, 5) is 60.4. The van der Waals surface area contributed by atoms with E-state index in [0.717, 1.165) is 28.6 Å². The molecule has 0 spiro atoms. The molecule has 4 rings (SSSR count). The van der Waals surface area contributed by atoms with E-state index >= 15 is 0 Å². The number of aromatic nitrogens is 2. The Balaban J connectivity index is 1.61. The van der Waals surface area contributed by atoms with Gasteiger partial charge in [-0.15, -0.1) is 0 Å². The number of aliphatic imine (C=N–C) groups is 1. The van der Waals surface area contributed by atoms with Crippen LogP contribution in [-0.4, -0.2) is 51.4 Å². The van der Waals surface area contributed by atoms with Crippen molar-refractivity contribution in [1.29, 1.82) is 0 Å². The molecule has 2 atom stereocenters. The van der Waals surface area contributed by atoms with Crippen molar-refractivity contribution in [3.8, 4) is 5.88 Å². The van der Waals surface area contributed by atoms with E-state index in [4.69, 9.17) is 0 Å². The fourth-order valence-corrected chi connectivity index (χ4v) is 4.95. The number of nitrogens with zero attached hydrogens (tertiary/aromatic N) is 2. The predicted octanol–water partition coefficient (Wildman–Crippen LogP) is 2.16. The number of aromatic hydroxyl groups is 1. The van der Waals surface area contributed by atoms with Gasteiger partial charge in [0.25, 0.3) is 5.56 Å². The Labute approximate surface area is 222 Å². The van der Waals surface area contributed by atoms with Crippen LogP contribution in [0.2, 0.25) is 0 Å². The third-order valence-corrected chi connectivity index (χ3v) is 7.11. The number of carbonyl (C=O) groups excluding carboxylic acids is 2. The van der Waals surface area contributed by atoms with Gasteiger partial charge in [0.1, 0.15) is 16.9 Å². The first-order valence-electron chi connectivity index (χ1n) is 11.8. The highest BCUT2D eigenvalue weighted by molar-refractivity contribution is 8.15. The van der Waals surface area contributed by atoms with Gasteiger partial charge in [-0.1, -0.05) is 36.0 Å². The molecule has 1 fully saturated rings. The van der Waals surface area contributed by atoms with Gasteiger partial charge in [0, 0.05) is 31.9 Å². The van der Waals surface area contributed by atoms with Crippen molar-refractivity contribution in [3.63, 3.8) is 0 Å². The molecule has 2 unspecified atom stereocenters. The summed E-state index contributed by atoms with van der Waals surface area (Å²) < 4.78 is 0. The largest absolute Gasteiger partial charge is 0.494 e. The Kier molecular flexibility index (Phi) is 7.72. The van der Waals surface area contributed by atoms with Gasteiger partial charge in [0.15, 0.2) is 5.17 Å². The molecule has 1 aromatic heterocycles. The zero-order valence-corrected chi connectivity index (χ0v) is 22.1. The van der Waals surface area contributed by atoms with Gasteiger partial charge in [-0.3, -0.25) is 24.4 Å². The van der Waals surface area contributed by atoms with Crippen molar-refractivity contribution in [1.82, 2.24) is 15.3 Å². The highest BCUT2D eigenvalue weighted by atomic mass is 32.2. The molecule has 0 bridgehead atoms. The molecule has 198 valence electrons. The Hall–Kier alpha value is -4.32. The maximum atomic E-state index is 12.7. The number of rotatable bonds is 7. The number of nitrogens with one attached hydrogen (secondary N) is 4. The summed E-state index contributed by atoms with van der Waals surface area (Å²) in [5, 5.41) is 15.4. The van der Waals surface area contributed by atoms with E-state index in [-0.39, 0.29) is 23.1 Å². The van der Waals surface area contributed by atoms with Gasteiger partial charge < -0.3 is 20.6 Å². The molecule has 0 radical (unpaired) electrons. The fourth-order valence-electron chi connectivity index (χ4n) is 3.96. The monoisotopic (exact) mass is 536 g/mol. The van der Waals surface area contributed by atoms with Gasteiger partial charge in [0.05, 0.1) is 0 Å². The van der Waals surface area contributed by atoms with Crippen LogP contribution >= 0.6 is 11.8 Å². The molecular weight excluding hydrogens is 508 g/mol. The molecule has 12 heteroatoms. The first-order valence-corrected chi connectivity index (χ1v) is 12.6. The summed E-state index contributed by atoms with van der Waals surface area (Å²) in [6.45, 7) is 3.81. The molecule has 2 heterocycles. The summed E-state index contributed by atoms with van der Waals surface area (Å²) in [5.74, 6) is -1.34. The Morgan fingerprint density at radius 1 is 1.11 bits per heavy atom. The van der Waals surface area contributed by atoms with Crippen LogP contribution in [0, 0.1) is 13.8 Å². The molecule has 5 N–H and O–H groups in total. The minimum Gasteiger partial charge on any atom is -0.494 e. The second-order valence-corrected chi connectivity index (χ2v) is 10.4. The summed E-state index contributed by atoms with van der Waals surface area (Å²) in [6, 6.07) is 11.8. The first kappa shape index (κ1) is 26.7. The van der Waals surface area contributed by atoms with Crippen LogP contribution in [-0.2, 0) is 9.59 Å². The van der Waals surface area contributed by atoms with Crippen LogP contribution < -0.4 is 26.8 Å². The number of amidine groups is 1. The van der Waals surface area contributed by atoms with Crippen LogP contribution in [0.25, 0.3) is 0 Å². The minimum absolute atomic E-state index is 0.0877. The molecule has 0 saturated carbocycles. The average molecular weight is 537 g/mol. The quantitative estimate of drug-likeness (QED) is 0.309. The molecule has 3 aromatic rings. The highest BCUT2D eigenvalue weighted by Crippen LogP contribution is 2.32. The number of amides is 2. The number of aromatic amines is 2. The summed E-state index contributed by atoms with van der Waals surface area (Å²) >= 11 is 1.06. The van der Waals surface area contributed by atoms with Crippen LogP contribution in [0.3, 0.4) is 0 Å². The number of carbonyl (C=O) groups is 2. The fraction of sp³-hybridized carbons (Fsp3) is 0.269. The zero-order valence-electron chi connectivity index (χ0n) is 21.3. The summed E-state index contributed by atoms with van der Waals surface area (Å²) in [5.41, 5.74) is 2.18. The Morgan fingerprint density at radius 3 is 2.47 bits per heavy atom. The smallest absolute Gasteiger partial charge is 0.328 e. The van der Waals surface area contributed by atoms with Crippen molar-refractivity contribution < 1.29 is 14.7 Å². The maximum absolute atomic E-state index is 12.7. The second-order valence-electron chi connectivity index (χ2n) is 9.16. The van der Waals surface area contributed by atoms with Gasteiger partial charge in [0.2, 0.25) is 17.7 Å². The van der Waals surface area contributed by atoms with Crippen molar-refractivity contribution in [2.75, 3.05) is 24.3 Å². The molecule has 11 nitrogen and oxygen atoms in total. The number of benzene rings is 2. The SMILES string of the molecule is Cc1ccc(C)c(NC(=O)CC2SC(=NC(c3ccc(N(C)C)cc3)c3c(O)[nH]c(=O)[nH]c3=O)NC2=O)c1. The molecule has 1 aliphatic heterocycles. The molecule has 2 aromatic carbocycles. The van der Waals surface area contributed by atoms with Crippen LogP contribution in [0.1, 0.15) is 34.7 Å². The van der Waals surface area contributed by atoms with Crippen molar-refractivity contribution >= 4 is 40.1 Å². The molecule has 2 amide bonds. The van der Waals surface area contributed by atoms with Crippen LogP contribution in [0.15, 0.2) is 57.0 Å². The molecule has 0 aliphatic carbocycles. The number of thioether (sulfide) groups is 1. The minimum atomic E-state index is -1.04. The summed E-state index contributed by atoms with van der Waals surface area (Å²) in [6.07, 6.45) is -0.0877. The second kappa shape index (κ2) is 11.0. The Bertz CT molecular complexity index is 1530. The lowest BCUT2D eigenvalue weighted by Crippen LogP contribution is -2.29. The molecule has 38 heavy (non-hydrogen) atoms. The van der Waals surface area contributed by atoms with Gasteiger partial charge in [-0.05, 0) is 48.7 Å². The van der Waals surface area contributed by atoms with E-state index in [0.29, 0.717) is 11.3 Å². The topological polar surface area (TPSA) is 160 Å². The lowest BCUT2D eigenvalue weighted by molar-refractivity contribution is -0.122. The van der Waals surface area contributed by atoms with Gasteiger partial charge in [-0.2, -0.15) is 0 Å². The predicted molar refractivity (Wildman–Crippen MR) is 148 cm³/mol. The number of hydrogen-bond acceptors (Lipinski definition) is 8. The number of anilines is 2. The van der Waals surface area contributed by atoms with E-state index < -0.39 is 34.3 Å². The third kappa shape index (κ3) is 5.97. The number of H-pyrrole nitrogens is 2. The Morgan fingerprint density at radius 2 is 1.82 bits per heavy atom. The maximum Gasteiger partial charge on any atom is 0.328 e. The van der Waals surface area contributed by atoms with Gasteiger partial charge >= 0.3 is 5.69 Å². The highest BCUT2D eigenvalue weighted by Gasteiger charge is 2.34. The normalized spacial score (nSPS) is 16.8.